The number of aromatic nitrogens is 1. The third-order valence-electron chi connectivity index (χ3n) is 3.66. The summed E-state index contributed by atoms with van der Waals surface area (Å²) in [7, 11) is 0. The molecular weight excluding hydrogens is 266 g/mol. The van der Waals surface area contributed by atoms with E-state index in [2.05, 4.69) is 4.98 Å². The Labute approximate surface area is 121 Å². The van der Waals surface area contributed by atoms with Crippen molar-refractivity contribution in [2.24, 2.45) is 0 Å². The number of ether oxygens (including phenoxy) is 1. The molecule has 1 aromatic heterocycles. The molecule has 0 amide bonds. The summed E-state index contributed by atoms with van der Waals surface area (Å²) in [5.74, 6) is 1.35. The average molecular weight is 279 g/mol. The number of Topliss-reactive ketones (excluding diaryl/α,β-unsaturated/α-hetero) is 1. The van der Waals surface area contributed by atoms with Crippen LogP contribution in [0.3, 0.4) is 0 Å². The Morgan fingerprint density at radius 2 is 2.10 bits per heavy atom. The minimum atomic E-state index is 0.0104. The zero-order chi connectivity index (χ0) is 14.2. The van der Waals surface area contributed by atoms with Crippen LogP contribution in [0.4, 0.5) is 0 Å². The number of carbonyl (C=O) groups is 1. The van der Waals surface area contributed by atoms with Gasteiger partial charge in [0.25, 0.3) is 0 Å². The normalized spacial score (nSPS) is 13.1. The molecule has 1 aliphatic rings. The quantitative estimate of drug-likeness (QED) is 0.691. The third kappa shape index (κ3) is 2.18. The smallest absolute Gasteiger partial charge is 0.203 e. The first-order valence-corrected chi connectivity index (χ1v) is 6.93. The van der Waals surface area contributed by atoms with E-state index in [4.69, 9.17) is 9.15 Å². The summed E-state index contributed by atoms with van der Waals surface area (Å²) in [6.07, 6.45) is 1.04. The first kappa shape index (κ1) is 12.1. The maximum absolute atomic E-state index is 12.3. The van der Waals surface area contributed by atoms with Crippen LogP contribution in [-0.2, 0) is 12.8 Å². The summed E-state index contributed by atoms with van der Waals surface area (Å²) >= 11 is 0. The lowest BCUT2D eigenvalue weighted by Crippen LogP contribution is -2.04. The van der Waals surface area contributed by atoms with Crippen LogP contribution < -0.4 is 4.74 Å². The molecule has 0 unspecified atom stereocenters. The van der Waals surface area contributed by atoms with Gasteiger partial charge in [0.2, 0.25) is 5.89 Å². The molecule has 0 saturated heterocycles. The van der Waals surface area contributed by atoms with Crippen molar-refractivity contribution >= 4 is 16.9 Å². The van der Waals surface area contributed by atoms with E-state index < -0.39 is 0 Å². The van der Waals surface area contributed by atoms with E-state index in [-0.39, 0.29) is 12.2 Å². The number of hydrogen-bond donors (Lipinski definition) is 0. The van der Waals surface area contributed by atoms with Crippen LogP contribution in [0.5, 0.6) is 5.75 Å². The second-order valence-corrected chi connectivity index (χ2v) is 5.10. The summed E-state index contributed by atoms with van der Waals surface area (Å²) < 4.78 is 11.0. The maximum atomic E-state index is 12.3. The molecule has 4 nitrogen and oxygen atoms in total. The van der Waals surface area contributed by atoms with Gasteiger partial charge in [0.15, 0.2) is 11.4 Å². The number of nitrogens with zero attached hydrogens (tertiary/aromatic N) is 1. The molecule has 0 fully saturated rings. The number of fused-ring (bicyclic) bond motifs is 2. The van der Waals surface area contributed by atoms with Gasteiger partial charge in [-0.15, -0.1) is 0 Å². The number of carbonyl (C=O) groups excluding carboxylic acids is 1. The predicted octanol–water partition coefficient (Wildman–Crippen LogP) is 3.19. The van der Waals surface area contributed by atoms with E-state index in [1.165, 1.54) is 0 Å². The highest BCUT2D eigenvalue weighted by molar-refractivity contribution is 5.97. The van der Waals surface area contributed by atoms with Gasteiger partial charge in [-0.1, -0.05) is 12.1 Å². The standard InChI is InChI=1S/C17H13NO3/c19-14(11-5-6-15-12(9-11)7-8-20-15)10-17-18-13-3-1-2-4-16(13)21-17/h1-6,9H,7-8,10H2. The van der Waals surface area contributed by atoms with Crippen molar-refractivity contribution in [1.29, 1.82) is 0 Å². The molecule has 0 N–H and O–H groups in total. The molecule has 0 aliphatic carbocycles. The lowest BCUT2D eigenvalue weighted by molar-refractivity contribution is 0.0986. The fourth-order valence-electron chi connectivity index (χ4n) is 2.59. The molecule has 104 valence electrons. The van der Waals surface area contributed by atoms with E-state index in [0.29, 0.717) is 23.6 Å². The van der Waals surface area contributed by atoms with Crippen molar-refractivity contribution in [2.45, 2.75) is 12.8 Å². The summed E-state index contributed by atoms with van der Waals surface area (Å²) in [5.41, 5.74) is 3.27. The van der Waals surface area contributed by atoms with Crippen LogP contribution in [-0.4, -0.2) is 17.4 Å². The Kier molecular flexibility index (Phi) is 2.74. The third-order valence-corrected chi connectivity index (χ3v) is 3.66. The molecule has 3 aromatic rings. The second kappa shape index (κ2) is 4.74. The van der Waals surface area contributed by atoms with Crippen molar-refractivity contribution in [1.82, 2.24) is 4.98 Å². The Morgan fingerprint density at radius 1 is 1.19 bits per heavy atom. The summed E-state index contributed by atoms with van der Waals surface area (Å²) in [6, 6.07) is 13.1. The van der Waals surface area contributed by atoms with Gasteiger partial charge in [-0.2, -0.15) is 0 Å². The Hall–Kier alpha value is -2.62. The van der Waals surface area contributed by atoms with Crippen LogP contribution in [0.15, 0.2) is 46.9 Å². The molecule has 0 bridgehead atoms. The molecule has 21 heavy (non-hydrogen) atoms. The van der Waals surface area contributed by atoms with Gasteiger partial charge < -0.3 is 9.15 Å². The zero-order valence-electron chi connectivity index (χ0n) is 11.3. The van der Waals surface area contributed by atoms with Crippen molar-refractivity contribution in [3.63, 3.8) is 0 Å². The van der Waals surface area contributed by atoms with E-state index in [1.54, 1.807) is 6.07 Å². The summed E-state index contributed by atoms with van der Waals surface area (Å²) in [6.45, 7) is 0.693. The summed E-state index contributed by atoms with van der Waals surface area (Å²) in [4.78, 5) is 16.7. The van der Waals surface area contributed by atoms with Crippen LogP contribution in [0.1, 0.15) is 21.8 Å². The highest BCUT2D eigenvalue weighted by Crippen LogP contribution is 2.26. The van der Waals surface area contributed by atoms with Gasteiger partial charge in [-0.05, 0) is 35.9 Å². The second-order valence-electron chi connectivity index (χ2n) is 5.10. The lowest BCUT2D eigenvalue weighted by atomic mass is 10.0. The van der Waals surface area contributed by atoms with Crippen molar-refractivity contribution < 1.29 is 13.9 Å². The molecule has 0 spiro atoms. The molecule has 2 heterocycles. The van der Waals surface area contributed by atoms with Gasteiger partial charge in [0, 0.05) is 12.0 Å². The zero-order valence-corrected chi connectivity index (χ0v) is 11.3. The van der Waals surface area contributed by atoms with Crippen molar-refractivity contribution in [3.05, 3.63) is 59.5 Å². The SMILES string of the molecule is O=C(Cc1nc2ccccc2o1)c1ccc2c(c1)CCO2. The molecule has 0 saturated carbocycles. The topological polar surface area (TPSA) is 52.3 Å². The highest BCUT2D eigenvalue weighted by Gasteiger charge is 2.17. The van der Waals surface area contributed by atoms with Gasteiger partial charge >= 0.3 is 0 Å². The van der Waals surface area contributed by atoms with Gasteiger partial charge in [0.1, 0.15) is 11.3 Å². The molecule has 2 aromatic carbocycles. The highest BCUT2D eigenvalue weighted by atomic mass is 16.5. The minimum absolute atomic E-state index is 0.0104. The van der Waals surface area contributed by atoms with E-state index >= 15 is 0 Å². The predicted molar refractivity (Wildman–Crippen MR) is 77.7 cm³/mol. The van der Waals surface area contributed by atoms with Gasteiger partial charge in [-0.25, -0.2) is 4.98 Å². The van der Waals surface area contributed by atoms with E-state index in [1.807, 2.05) is 36.4 Å². The van der Waals surface area contributed by atoms with Crippen LogP contribution in [0.25, 0.3) is 11.1 Å². The van der Waals surface area contributed by atoms with Crippen LogP contribution in [0, 0.1) is 0 Å². The number of para-hydroxylation sites is 2. The van der Waals surface area contributed by atoms with Crippen LogP contribution >= 0.6 is 0 Å². The molecule has 4 rings (SSSR count). The number of hydrogen-bond acceptors (Lipinski definition) is 4. The van der Waals surface area contributed by atoms with Crippen LogP contribution in [0.2, 0.25) is 0 Å². The van der Waals surface area contributed by atoms with Crippen molar-refractivity contribution in [3.8, 4) is 5.75 Å². The monoisotopic (exact) mass is 279 g/mol. The fourth-order valence-corrected chi connectivity index (χ4v) is 2.59. The molecular formula is C17H13NO3. The molecule has 0 atom stereocenters. The number of rotatable bonds is 3. The number of benzene rings is 2. The molecule has 4 heteroatoms. The largest absolute Gasteiger partial charge is 0.493 e. The maximum Gasteiger partial charge on any atom is 0.203 e. The fraction of sp³-hybridized carbons (Fsp3) is 0.176. The molecule has 1 aliphatic heterocycles. The van der Waals surface area contributed by atoms with Gasteiger partial charge in [-0.3, -0.25) is 4.79 Å². The number of ketones is 1. The minimum Gasteiger partial charge on any atom is -0.493 e. The number of oxazole rings is 1. The first-order valence-electron chi connectivity index (χ1n) is 6.93. The Morgan fingerprint density at radius 3 is 3.00 bits per heavy atom. The first-order chi connectivity index (χ1) is 10.3. The van der Waals surface area contributed by atoms with E-state index in [0.717, 1.165) is 23.3 Å². The van der Waals surface area contributed by atoms with E-state index in [9.17, 15) is 4.79 Å². The van der Waals surface area contributed by atoms with Crippen molar-refractivity contribution in [2.75, 3.05) is 6.61 Å². The van der Waals surface area contributed by atoms with Gasteiger partial charge in [0.05, 0.1) is 13.0 Å². The Bertz CT molecular complexity index is 802. The average Bonchev–Trinajstić information content (AvgIpc) is 3.11. The Balaban J connectivity index is 1.60. The summed E-state index contributed by atoms with van der Waals surface area (Å²) in [5, 5.41) is 0. The molecule has 0 radical (unpaired) electrons. The lowest BCUT2D eigenvalue weighted by Gasteiger charge is -2.02.